The Balaban J connectivity index is 1.39. The zero-order valence-corrected chi connectivity index (χ0v) is 22.2. The molecule has 0 amide bonds. The number of aromatic nitrogens is 1. The highest BCUT2D eigenvalue weighted by atomic mass is 32.2. The molecule has 2 aliphatic rings. The molecule has 1 aromatic carbocycles. The first-order valence-electron chi connectivity index (χ1n) is 11.9. The molecule has 0 radical (unpaired) electrons. The lowest BCUT2D eigenvalue weighted by molar-refractivity contribution is 0.135. The maximum Gasteiger partial charge on any atom is 0.274 e. The van der Waals surface area contributed by atoms with Crippen LogP contribution in [0, 0.1) is 0 Å². The molecule has 0 bridgehead atoms. The molecular formula is C23H33N3O5S3. The van der Waals surface area contributed by atoms with Gasteiger partial charge < -0.3 is 4.74 Å². The fraction of sp³-hybridized carbons (Fsp3) is 0.609. The molecule has 4 rings (SSSR count). The van der Waals surface area contributed by atoms with E-state index in [-0.39, 0.29) is 17.6 Å². The molecule has 0 saturated carbocycles. The Morgan fingerprint density at radius 2 is 1.68 bits per heavy atom. The van der Waals surface area contributed by atoms with E-state index in [1.807, 2.05) is 32.1 Å². The van der Waals surface area contributed by atoms with Crippen LogP contribution in [0.2, 0.25) is 0 Å². The van der Waals surface area contributed by atoms with E-state index >= 15 is 0 Å². The summed E-state index contributed by atoms with van der Waals surface area (Å²) in [7, 11) is -6.33. The summed E-state index contributed by atoms with van der Waals surface area (Å²) in [5.74, 6) is 0.390. The zero-order valence-electron chi connectivity index (χ0n) is 19.8. The molecule has 0 N–H and O–H groups in total. The van der Waals surface area contributed by atoms with Crippen LogP contribution >= 0.6 is 11.3 Å². The van der Waals surface area contributed by atoms with Gasteiger partial charge in [0.1, 0.15) is 6.10 Å². The van der Waals surface area contributed by atoms with Crippen LogP contribution in [0.15, 0.2) is 24.3 Å². The van der Waals surface area contributed by atoms with Crippen molar-refractivity contribution in [3.8, 4) is 5.19 Å². The smallest absolute Gasteiger partial charge is 0.274 e. The summed E-state index contributed by atoms with van der Waals surface area (Å²) in [6.45, 7) is 5.66. The Morgan fingerprint density at radius 1 is 1.00 bits per heavy atom. The molecule has 8 nitrogen and oxygen atoms in total. The van der Waals surface area contributed by atoms with Gasteiger partial charge in [0.05, 0.1) is 21.7 Å². The van der Waals surface area contributed by atoms with E-state index in [2.05, 4.69) is 11.1 Å². The SMILES string of the molecule is CCCS(=O)(=O)N1CC=C(c2ccc3nc(OC4CCN(S(=O)(=O)CCC)CC4)sc3c2)CC1. The van der Waals surface area contributed by atoms with E-state index in [0.717, 1.165) is 21.4 Å². The van der Waals surface area contributed by atoms with E-state index in [9.17, 15) is 16.8 Å². The minimum Gasteiger partial charge on any atom is -0.467 e. The minimum absolute atomic E-state index is 0.0368. The third-order valence-electron chi connectivity index (χ3n) is 6.29. The van der Waals surface area contributed by atoms with Gasteiger partial charge in [0.25, 0.3) is 5.19 Å². The van der Waals surface area contributed by atoms with Crippen LogP contribution in [0.1, 0.15) is 51.5 Å². The standard InChI is InChI=1S/C23H33N3O5S3/c1-3-15-33(27,28)25-11-7-18(8-12-25)19-5-6-21-22(17-19)32-23(24-21)31-20-9-13-26(14-10-20)34(29,30)16-4-2/h5-7,17,20H,3-4,8-16H2,1-2H3. The first-order chi connectivity index (χ1) is 16.2. The van der Waals surface area contributed by atoms with Gasteiger partial charge in [-0.05, 0) is 55.4 Å². The van der Waals surface area contributed by atoms with Crippen molar-refractivity contribution in [3.63, 3.8) is 0 Å². The van der Waals surface area contributed by atoms with E-state index in [4.69, 9.17) is 4.74 Å². The van der Waals surface area contributed by atoms with Crippen molar-refractivity contribution >= 4 is 47.2 Å². The lowest BCUT2D eigenvalue weighted by Crippen LogP contribution is -2.42. The van der Waals surface area contributed by atoms with Crippen molar-refractivity contribution in [2.75, 3.05) is 37.7 Å². The van der Waals surface area contributed by atoms with Crippen LogP contribution in [0.5, 0.6) is 5.19 Å². The Bertz CT molecular complexity index is 1250. The van der Waals surface area contributed by atoms with Crippen LogP contribution in [-0.2, 0) is 20.0 Å². The minimum atomic E-state index is -3.17. The number of sulfonamides is 2. The molecule has 0 spiro atoms. The monoisotopic (exact) mass is 527 g/mol. The number of nitrogens with zero attached hydrogens (tertiary/aromatic N) is 3. The second kappa shape index (κ2) is 10.6. The van der Waals surface area contributed by atoms with Crippen LogP contribution in [0.25, 0.3) is 15.8 Å². The Morgan fingerprint density at radius 3 is 2.29 bits per heavy atom. The normalized spacial score (nSPS) is 19.4. The summed E-state index contributed by atoms with van der Waals surface area (Å²) in [4.78, 5) is 4.61. The molecule has 34 heavy (non-hydrogen) atoms. The van der Waals surface area contributed by atoms with Crippen molar-refractivity contribution in [2.45, 2.75) is 52.1 Å². The number of hydrogen-bond donors (Lipinski definition) is 0. The molecule has 2 aliphatic heterocycles. The van der Waals surface area contributed by atoms with Gasteiger partial charge in [0.2, 0.25) is 20.0 Å². The number of piperidine rings is 1. The highest BCUT2D eigenvalue weighted by Gasteiger charge is 2.29. The van der Waals surface area contributed by atoms with E-state index in [1.165, 1.54) is 11.3 Å². The fourth-order valence-corrected chi connectivity index (χ4v) is 8.37. The zero-order chi connectivity index (χ0) is 24.3. The molecular weight excluding hydrogens is 494 g/mol. The number of rotatable bonds is 9. The van der Waals surface area contributed by atoms with Gasteiger partial charge in [-0.1, -0.05) is 37.3 Å². The third kappa shape index (κ3) is 5.81. The molecule has 11 heteroatoms. The number of hydrogen-bond acceptors (Lipinski definition) is 7. The summed E-state index contributed by atoms with van der Waals surface area (Å²) < 4.78 is 59.4. The van der Waals surface area contributed by atoms with Crippen LogP contribution in [0.4, 0.5) is 0 Å². The van der Waals surface area contributed by atoms with Gasteiger partial charge >= 0.3 is 0 Å². The van der Waals surface area contributed by atoms with Crippen LogP contribution in [-0.4, -0.2) is 74.2 Å². The molecule has 188 valence electrons. The van der Waals surface area contributed by atoms with E-state index < -0.39 is 20.0 Å². The molecule has 1 fully saturated rings. The maximum absolute atomic E-state index is 12.3. The van der Waals surface area contributed by atoms with E-state index in [1.54, 1.807) is 8.61 Å². The predicted octanol–water partition coefficient (Wildman–Crippen LogP) is 3.71. The first kappa shape index (κ1) is 25.6. The third-order valence-corrected chi connectivity index (χ3v) is 11.3. The van der Waals surface area contributed by atoms with Gasteiger partial charge in [-0.15, -0.1) is 0 Å². The quantitative estimate of drug-likeness (QED) is 0.493. The number of benzene rings is 1. The van der Waals surface area contributed by atoms with Crippen molar-refractivity contribution in [2.24, 2.45) is 0 Å². The Kier molecular flexibility index (Phi) is 7.98. The van der Waals surface area contributed by atoms with Crippen molar-refractivity contribution < 1.29 is 21.6 Å². The van der Waals surface area contributed by atoms with Crippen molar-refractivity contribution in [3.05, 3.63) is 29.8 Å². The highest BCUT2D eigenvalue weighted by Crippen LogP contribution is 2.33. The average molecular weight is 528 g/mol. The molecule has 1 saturated heterocycles. The largest absolute Gasteiger partial charge is 0.467 e. The number of fused-ring (bicyclic) bond motifs is 1. The maximum atomic E-state index is 12.3. The molecule has 0 unspecified atom stereocenters. The topological polar surface area (TPSA) is 96.9 Å². The Hall–Kier alpha value is -1.53. The van der Waals surface area contributed by atoms with Gasteiger partial charge in [-0.25, -0.2) is 26.1 Å². The highest BCUT2D eigenvalue weighted by molar-refractivity contribution is 7.89. The molecule has 3 heterocycles. The molecule has 0 atom stereocenters. The fourth-order valence-electron chi connectivity index (χ4n) is 4.46. The second-order valence-electron chi connectivity index (χ2n) is 8.85. The van der Waals surface area contributed by atoms with Crippen molar-refractivity contribution in [1.82, 2.24) is 13.6 Å². The van der Waals surface area contributed by atoms with E-state index in [0.29, 0.717) is 63.5 Å². The molecule has 1 aromatic heterocycles. The summed E-state index contributed by atoms with van der Waals surface area (Å²) >= 11 is 1.50. The molecule has 2 aromatic rings. The summed E-state index contributed by atoms with van der Waals surface area (Å²) in [5.41, 5.74) is 3.11. The predicted molar refractivity (Wildman–Crippen MR) is 137 cm³/mol. The summed E-state index contributed by atoms with van der Waals surface area (Å²) in [6, 6.07) is 6.11. The second-order valence-corrected chi connectivity index (χ2v) is 14.0. The average Bonchev–Trinajstić information content (AvgIpc) is 3.21. The number of ether oxygens (including phenoxy) is 1. The molecule has 0 aliphatic carbocycles. The first-order valence-corrected chi connectivity index (χ1v) is 16.0. The van der Waals surface area contributed by atoms with Gasteiger partial charge in [-0.3, -0.25) is 0 Å². The lowest BCUT2D eigenvalue weighted by Gasteiger charge is -2.30. The van der Waals surface area contributed by atoms with Crippen LogP contribution < -0.4 is 4.74 Å². The number of thiazole rings is 1. The van der Waals surface area contributed by atoms with Gasteiger partial charge in [-0.2, -0.15) is 4.31 Å². The van der Waals surface area contributed by atoms with Gasteiger partial charge in [0, 0.05) is 26.2 Å². The Labute approximate surface area is 206 Å². The van der Waals surface area contributed by atoms with Crippen molar-refractivity contribution in [1.29, 1.82) is 0 Å². The van der Waals surface area contributed by atoms with Gasteiger partial charge in [0.15, 0.2) is 0 Å². The van der Waals surface area contributed by atoms with Crippen LogP contribution in [0.3, 0.4) is 0 Å². The summed E-state index contributed by atoms with van der Waals surface area (Å²) in [5, 5.41) is 0.608. The lowest BCUT2D eigenvalue weighted by atomic mass is 10.0. The summed E-state index contributed by atoms with van der Waals surface area (Å²) in [6.07, 6.45) is 5.24.